The van der Waals surface area contributed by atoms with Crippen LogP contribution in [0.15, 0.2) is 77.7 Å². The van der Waals surface area contributed by atoms with Crippen LogP contribution in [0.3, 0.4) is 0 Å². The van der Waals surface area contributed by atoms with Crippen LogP contribution in [0.4, 0.5) is 24.5 Å². The van der Waals surface area contributed by atoms with Crippen LogP contribution in [0.2, 0.25) is 0 Å². The van der Waals surface area contributed by atoms with E-state index < -0.39 is 26.1 Å². The molecule has 0 aliphatic rings. The number of sulfone groups is 1. The van der Waals surface area contributed by atoms with E-state index in [0.29, 0.717) is 18.0 Å². The molecule has 0 aliphatic heterocycles. The summed E-state index contributed by atoms with van der Waals surface area (Å²) < 4.78 is 68.1. The molecule has 1 amide bonds. The normalized spacial score (nSPS) is 11.6. The van der Waals surface area contributed by atoms with Crippen LogP contribution in [-0.4, -0.2) is 26.4 Å². The van der Waals surface area contributed by atoms with E-state index in [-0.39, 0.29) is 16.9 Å². The number of hydrogen-bond acceptors (Lipinski definition) is 5. The molecule has 0 spiro atoms. The van der Waals surface area contributed by atoms with Gasteiger partial charge in [-0.15, -0.1) is 0 Å². The van der Waals surface area contributed by atoms with E-state index >= 15 is 0 Å². The number of hydrogen-bond donors (Lipinski definition) is 2. The molecular formula is C22H19F3N2O4S. The lowest BCUT2D eigenvalue weighted by molar-refractivity contribution is -0.0436. The predicted molar refractivity (Wildman–Crippen MR) is 115 cm³/mol. The summed E-state index contributed by atoms with van der Waals surface area (Å²) in [4.78, 5) is 11.8. The van der Waals surface area contributed by atoms with Crippen molar-refractivity contribution in [2.24, 2.45) is 0 Å². The molecule has 0 bridgehead atoms. The Morgan fingerprint density at radius 1 is 0.906 bits per heavy atom. The molecule has 10 heteroatoms. The number of alkyl halides is 3. The number of anilines is 2. The van der Waals surface area contributed by atoms with Gasteiger partial charge in [0, 0.05) is 12.1 Å². The molecule has 0 radical (unpaired) electrons. The molecule has 0 heterocycles. The smallest absolute Gasteiger partial charge is 0.457 e. The molecule has 168 valence electrons. The highest BCUT2D eigenvalue weighted by molar-refractivity contribution is 7.92. The predicted octanol–water partition coefficient (Wildman–Crippen LogP) is 5.46. The first-order chi connectivity index (χ1) is 15.1. The molecule has 0 aliphatic carbocycles. The van der Waals surface area contributed by atoms with Crippen LogP contribution >= 0.6 is 0 Å². The Morgan fingerprint density at radius 2 is 1.59 bits per heavy atom. The Morgan fingerprint density at radius 3 is 2.25 bits per heavy atom. The lowest BCUT2D eigenvalue weighted by atomic mass is 10.2. The highest BCUT2D eigenvalue weighted by atomic mass is 32.2. The van der Waals surface area contributed by atoms with E-state index in [0.717, 1.165) is 12.1 Å². The minimum Gasteiger partial charge on any atom is -0.457 e. The standard InChI is InChI=1S/C22H19F3N2O4S/c1-2-26-19-12-11-18(32(29,30)22(23,24)25)14-20(19)27-21(28)15-7-6-10-17(13-15)31-16-8-4-3-5-9-16/h3-14,26H,2H2,1H3,(H,27,28). The lowest BCUT2D eigenvalue weighted by Gasteiger charge is -2.15. The van der Waals surface area contributed by atoms with Crippen molar-refractivity contribution in [1.29, 1.82) is 0 Å². The Kier molecular flexibility index (Phi) is 6.73. The number of nitrogens with one attached hydrogen (secondary N) is 2. The number of benzene rings is 3. The van der Waals surface area contributed by atoms with E-state index in [1.54, 1.807) is 43.3 Å². The zero-order valence-electron chi connectivity index (χ0n) is 16.8. The molecular weight excluding hydrogens is 445 g/mol. The number of halogens is 3. The molecule has 3 aromatic rings. The molecule has 0 saturated carbocycles. The van der Waals surface area contributed by atoms with Gasteiger partial charge in [0.25, 0.3) is 15.7 Å². The van der Waals surface area contributed by atoms with E-state index in [9.17, 15) is 26.4 Å². The Labute approximate surface area is 183 Å². The maximum Gasteiger partial charge on any atom is 0.501 e. The van der Waals surface area contributed by atoms with Crippen LogP contribution in [0.25, 0.3) is 0 Å². The van der Waals surface area contributed by atoms with Crippen LogP contribution in [0.5, 0.6) is 11.5 Å². The van der Waals surface area contributed by atoms with Crippen molar-refractivity contribution >= 4 is 27.1 Å². The Hall–Kier alpha value is -3.53. The fraction of sp³-hybridized carbons (Fsp3) is 0.136. The number of rotatable bonds is 7. The van der Waals surface area contributed by atoms with Gasteiger partial charge in [-0.25, -0.2) is 8.42 Å². The van der Waals surface area contributed by atoms with Gasteiger partial charge >= 0.3 is 5.51 Å². The van der Waals surface area contributed by atoms with E-state index in [1.807, 2.05) is 6.07 Å². The van der Waals surface area contributed by atoms with Crippen LogP contribution in [0, 0.1) is 0 Å². The summed E-state index contributed by atoms with van der Waals surface area (Å²) in [5.41, 5.74) is -5.11. The van der Waals surface area contributed by atoms with E-state index in [2.05, 4.69) is 10.6 Å². The average molecular weight is 464 g/mol. The van der Waals surface area contributed by atoms with Crippen LogP contribution < -0.4 is 15.4 Å². The number of para-hydroxylation sites is 1. The number of amides is 1. The summed E-state index contributed by atoms with van der Waals surface area (Å²) in [7, 11) is -5.57. The minimum atomic E-state index is -5.57. The van der Waals surface area contributed by atoms with Crippen molar-refractivity contribution in [3.05, 3.63) is 78.4 Å². The fourth-order valence-electron chi connectivity index (χ4n) is 2.79. The molecule has 0 fully saturated rings. The topological polar surface area (TPSA) is 84.5 Å². The van der Waals surface area contributed by atoms with Crippen molar-refractivity contribution in [1.82, 2.24) is 0 Å². The maximum atomic E-state index is 12.9. The van der Waals surface area contributed by atoms with Gasteiger partial charge < -0.3 is 15.4 Å². The first-order valence-corrected chi connectivity index (χ1v) is 10.9. The Bertz CT molecular complexity index is 1210. The average Bonchev–Trinajstić information content (AvgIpc) is 2.75. The Balaban J connectivity index is 1.89. The molecule has 32 heavy (non-hydrogen) atoms. The third-order valence-electron chi connectivity index (χ3n) is 4.30. The van der Waals surface area contributed by atoms with Gasteiger partial charge in [0.05, 0.1) is 16.3 Å². The lowest BCUT2D eigenvalue weighted by Crippen LogP contribution is -2.23. The number of carbonyl (C=O) groups excluding carboxylic acids is 1. The fourth-order valence-corrected chi connectivity index (χ4v) is 3.58. The molecule has 3 rings (SSSR count). The maximum absolute atomic E-state index is 12.9. The van der Waals surface area contributed by atoms with Crippen LogP contribution in [-0.2, 0) is 9.84 Å². The van der Waals surface area contributed by atoms with Crippen molar-refractivity contribution in [2.75, 3.05) is 17.2 Å². The molecule has 0 atom stereocenters. The van der Waals surface area contributed by atoms with E-state index in [4.69, 9.17) is 4.74 Å². The molecule has 0 aromatic heterocycles. The first-order valence-electron chi connectivity index (χ1n) is 9.45. The largest absolute Gasteiger partial charge is 0.501 e. The quantitative estimate of drug-likeness (QED) is 0.485. The third-order valence-corrected chi connectivity index (χ3v) is 5.78. The van der Waals surface area contributed by atoms with Gasteiger partial charge in [-0.2, -0.15) is 13.2 Å². The summed E-state index contributed by atoms with van der Waals surface area (Å²) in [6.07, 6.45) is 0. The van der Waals surface area contributed by atoms with Gasteiger partial charge in [-0.3, -0.25) is 4.79 Å². The summed E-state index contributed by atoms with van der Waals surface area (Å²) in [5.74, 6) is 0.290. The number of carbonyl (C=O) groups is 1. The molecule has 0 saturated heterocycles. The second-order valence-corrected chi connectivity index (χ2v) is 8.53. The molecule has 2 N–H and O–H groups in total. The molecule has 6 nitrogen and oxygen atoms in total. The highest BCUT2D eigenvalue weighted by Gasteiger charge is 2.47. The monoisotopic (exact) mass is 464 g/mol. The zero-order chi connectivity index (χ0) is 23.4. The molecule has 0 unspecified atom stereocenters. The summed E-state index contributed by atoms with van der Waals surface area (Å²) >= 11 is 0. The number of ether oxygens (including phenoxy) is 1. The van der Waals surface area contributed by atoms with Gasteiger partial charge in [0.1, 0.15) is 11.5 Å². The minimum absolute atomic E-state index is 0.100. The summed E-state index contributed by atoms with van der Waals surface area (Å²) in [6, 6.07) is 17.9. The SMILES string of the molecule is CCNc1ccc(S(=O)(=O)C(F)(F)F)cc1NC(=O)c1cccc(Oc2ccccc2)c1. The van der Waals surface area contributed by atoms with Crippen molar-refractivity contribution in [3.8, 4) is 11.5 Å². The van der Waals surface area contributed by atoms with Gasteiger partial charge in [-0.1, -0.05) is 24.3 Å². The van der Waals surface area contributed by atoms with Crippen LogP contribution in [0.1, 0.15) is 17.3 Å². The first kappa shape index (κ1) is 23.1. The second kappa shape index (κ2) is 9.31. The second-order valence-electron chi connectivity index (χ2n) is 6.58. The summed E-state index contributed by atoms with van der Waals surface area (Å²) in [5, 5.41) is 5.36. The molecule has 3 aromatic carbocycles. The zero-order valence-corrected chi connectivity index (χ0v) is 17.6. The third kappa shape index (κ3) is 5.20. The highest BCUT2D eigenvalue weighted by Crippen LogP contribution is 2.34. The van der Waals surface area contributed by atoms with Crippen molar-refractivity contribution < 1.29 is 31.1 Å². The van der Waals surface area contributed by atoms with Gasteiger partial charge in [-0.05, 0) is 55.5 Å². The summed E-state index contributed by atoms with van der Waals surface area (Å²) in [6.45, 7) is 2.14. The van der Waals surface area contributed by atoms with Crippen molar-refractivity contribution in [2.45, 2.75) is 17.3 Å². The van der Waals surface area contributed by atoms with Gasteiger partial charge in [0.2, 0.25) is 0 Å². The van der Waals surface area contributed by atoms with Crippen molar-refractivity contribution in [3.63, 3.8) is 0 Å². The van der Waals surface area contributed by atoms with Gasteiger partial charge in [0.15, 0.2) is 0 Å². The van der Waals surface area contributed by atoms with E-state index in [1.165, 1.54) is 18.2 Å².